The Balaban J connectivity index is 1.28. The number of nitrogens with zero attached hydrogens (tertiary/aromatic N) is 7. The normalized spacial score (nSPS) is 14.5. The second kappa shape index (κ2) is 10.1. The summed E-state index contributed by atoms with van der Waals surface area (Å²) in [4.78, 5) is 25.5. The van der Waals surface area contributed by atoms with Gasteiger partial charge in [-0.1, -0.05) is 24.3 Å². The highest BCUT2D eigenvalue weighted by Gasteiger charge is 2.47. The van der Waals surface area contributed by atoms with Crippen LogP contribution in [0.15, 0.2) is 67.0 Å². The Hall–Kier alpha value is -4.71. The van der Waals surface area contributed by atoms with Gasteiger partial charge < -0.3 is 19.7 Å². The highest BCUT2D eigenvalue weighted by molar-refractivity contribution is 6.00. The first-order valence-electron chi connectivity index (χ1n) is 12.8. The molecule has 0 aliphatic carbocycles. The molecule has 5 aromatic rings. The molecule has 0 atom stereocenters. The lowest BCUT2D eigenvalue weighted by Gasteiger charge is -2.38. The van der Waals surface area contributed by atoms with E-state index < -0.39 is 19.0 Å². The number of likely N-dealkylation sites (N-methyl/N-ethyl adjacent to an activating group) is 1. The summed E-state index contributed by atoms with van der Waals surface area (Å²) in [5.41, 5.74) is 4.54. The number of fused-ring (bicyclic) bond motifs is 1. The molecule has 10 nitrogen and oxygen atoms in total. The summed E-state index contributed by atoms with van der Waals surface area (Å²) >= 11 is 0. The SMILES string of the molecule is CN(C)CCn1c(C(=O)N2CC(F)(F)C2)cc2ccc(-c3nccc(Nc4ccc(-c5cn[nH]n5)cc4)n3)cc21. The number of aromatic amines is 1. The smallest absolute Gasteiger partial charge is 0.282 e. The molecule has 3 aromatic heterocycles. The molecule has 0 bridgehead atoms. The van der Waals surface area contributed by atoms with Gasteiger partial charge in [-0.3, -0.25) is 4.79 Å². The Bertz CT molecular complexity index is 1660. The number of benzene rings is 2. The largest absolute Gasteiger partial charge is 0.340 e. The molecule has 6 rings (SSSR count). The first kappa shape index (κ1) is 25.6. The third kappa shape index (κ3) is 5.13. The fraction of sp³-hybridized carbons (Fsp3) is 0.250. The lowest BCUT2D eigenvalue weighted by Crippen LogP contribution is -2.58. The predicted octanol–water partition coefficient (Wildman–Crippen LogP) is 4.28. The number of aromatic nitrogens is 6. The van der Waals surface area contributed by atoms with E-state index >= 15 is 0 Å². The molecule has 12 heteroatoms. The van der Waals surface area contributed by atoms with Crippen LogP contribution in [-0.2, 0) is 6.54 Å². The fourth-order valence-corrected chi connectivity index (χ4v) is 4.71. The van der Waals surface area contributed by atoms with Gasteiger partial charge in [-0.2, -0.15) is 15.4 Å². The van der Waals surface area contributed by atoms with Crippen molar-refractivity contribution >= 4 is 28.3 Å². The summed E-state index contributed by atoms with van der Waals surface area (Å²) in [5, 5.41) is 14.7. The van der Waals surface area contributed by atoms with Crippen LogP contribution < -0.4 is 5.32 Å². The number of hydrogen-bond acceptors (Lipinski definition) is 7. The molecule has 40 heavy (non-hydrogen) atoms. The lowest BCUT2D eigenvalue weighted by atomic mass is 10.1. The molecule has 2 aromatic carbocycles. The second-order valence-corrected chi connectivity index (χ2v) is 10.1. The minimum Gasteiger partial charge on any atom is -0.340 e. The molecule has 1 saturated heterocycles. The van der Waals surface area contributed by atoms with E-state index in [0.29, 0.717) is 30.4 Å². The van der Waals surface area contributed by atoms with Crippen LogP contribution in [0.2, 0.25) is 0 Å². The zero-order valence-corrected chi connectivity index (χ0v) is 22.0. The van der Waals surface area contributed by atoms with Crippen LogP contribution >= 0.6 is 0 Å². The van der Waals surface area contributed by atoms with Gasteiger partial charge in [0.25, 0.3) is 11.8 Å². The van der Waals surface area contributed by atoms with Crippen molar-refractivity contribution in [3.8, 4) is 22.6 Å². The molecule has 204 valence electrons. The van der Waals surface area contributed by atoms with Gasteiger partial charge in [0.05, 0.1) is 19.3 Å². The van der Waals surface area contributed by atoms with Crippen LogP contribution in [0.5, 0.6) is 0 Å². The summed E-state index contributed by atoms with van der Waals surface area (Å²) in [5.74, 6) is -2.07. The fourth-order valence-electron chi connectivity index (χ4n) is 4.71. The number of halogens is 2. The maximum Gasteiger partial charge on any atom is 0.282 e. The van der Waals surface area contributed by atoms with Gasteiger partial charge >= 0.3 is 0 Å². The third-order valence-electron chi connectivity index (χ3n) is 6.81. The maximum absolute atomic E-state index is 13.5. The van der Waals surface area contributed by atoms with Crippen molar-refractivity contribution in [1.82, 2.24) is 39.7 Å². The number of carbonyl (C=O) groups is 1. The molecule has 1 aliphatic heterocycles. The van der Waals surface area contributed by atoms with E-state index in [0.717, 1.165) is 33.4 Å². The zero-order chi connectivity index (χ0) is 27.9. The van der Waals surface area contributed by atoms with E-state index in [-0.39, 0.29) is 5.91 Å². The highest BCUT2D eigenvalue weighted by Crippen LogP contribution is 2.31. The van der Waals surface area contributed by atoms with Gasteiger partial charge in [0, 0.05) is 47.0 Å². The Morgan fingerprint density at radius 1 is 1.07 bits per heavy atom. The standard InChI is InChI=1S/C28H27F2N9O/c1-37(2)11-12-39-23-14-20(4-3-19(23)13-24(39)27(40)38-16-28(29,30)17-38)26-31-10-9-25(34-26)33-21-7-5-18(6-8-21)22-15-32-36-35-22/h3-10,13-15H,11-12,16-17H2,1-2H3,(H,31,33,34)(H,32,35,36). The van der Waals surface area contributed by atoms with Crippen LogP contribution in [-0.4, -0.2) is 85.3 Å². The molecular formula is C28H27F2N9O. The topological polar surface area (TPSA) is 108 Å². The van der Waals surface area contributed by atoms with E-state index in [1.807, 2.05) is 66.0 Å². The summed E-state index contributed by atoms with van der Waals surface area (Å²) in [6, 6.07) is 17.1. The molecule has 0 saturated carbocycles. The minimum atomic E-state index is -2.82. The van der Waals surface area contributed by atoms with Crippen LogP contribution in [0.3, 0.4) is 0 Å². The number of nitrogens with one attached hydrogen (secondary N) is 2. The van der Waals surface area contributed by atoms with E-state index in [4.69, 9.17) is 4.98 Å². The van der Waals surface area contributed by atoms with Crippen LogP contribution in [0.1, 0.15) is 10.5 Å². The van der Waals surface area contributed by atoms with Gasteiger partial charge in [0.1, 0.15) is 17.2 Å². The van der Waals surface area contributed by atoms with Crippen LogP contribution in [0, 0.1) is 0 Å². The molecule has 0 radical (unpaired) electrons. The first-order valence-corrected chi connectivity index (χ1v) is 12.8. The second-order valence-electron chi connectivity index (χ2n) is 10.1. The van der Waals surface area contributed by atoms with E-state index in [2.05, 4.69) is 25.7 Å². The van der Waals surface area contributed by atoms with Crippen molar-refractivity contribution in [2.24, 2.45) is 0 Å². The number of carbonyl (C=O) groups excluding carboxylic acids is 1. The quantitative estimate of drug-likeness (QED) is 0.301. The Morgan fingerprint density at radius 2 is 1.85 bits per heavy atom. The zero-order valence-electron chi connectivity index (χ0n) is 22.0. The predicted molar refractivity (Wildman–Crippen MR) is 147 cm³/mol. The number of anilines is 2. The molecule has 1 aliphatic rings. The Labute approximate surface area is 228 Å². The number of H-pyrrole nitrogens is 1. The van der Waals surface area contributed by atoms with Gasteiger partial charge in [0.15, 0.2) is 5.82 Å². The number of hydrogen-bond donors (Lipinski definition) is 2. The molecule has 0 unspecified atom stereocenters. The summed E-state index contributed by atoms with van der Waals surface area (Å²) in [6.45, 7) is 0.0968. The third-order valence-corrected chi connectivity index (χ3v) is 6.81. The first-order chi connectivity index (χ1) is 19.3. The van der Waals surface area contributed by atoms with Crippen molar-refractivity contribution < 1.29 is 13.6 Å². The molecule has 4 heterocycles. The monoisotopic (exact) mass is 543 g/mol. The molecule has 0 spiro atoms. The van der Waals surface area contributed by atoms with Crippen molar-refractivity contribution in [3.05, 3.63) is 72.7 Å². The Kier molecular flexibility index (Phi) is 6.46. The highest BCUT2D eigenvalue weighted by atomic mass is 19.3. The number of rotatable bonds is 8. The minimum absolute atomic E-state index is 0.389. The van der Waals surface area contributed by atoms with Gasteiger partial charge in [-0.25, -0.2) is 18.7 Å². The average Bonchev–Trinajstić information content (AvgIpc) is 3.59. The number of likely N-dealkylation sites (tertiary alicyclic amines) is 1. The van der Waals surface area contributed by atoms with Gasteiger partial charge in [-0.15, -0.1) is 0 Å². The number of alkyl halides is 2. The van der Waals surface area contributed by atoms with Crippen molar-refractivity contribution in [2.45, 2.75) is 12.5 Å². The van der Waals surface area contributed by atoms with E-state index in [9.17, 15) is 13.6 Å². The van der Waals surface area contributed by atoms with Crippen molar-refractivity contribution in [2.75, 3.05) is 39.0 Å². The molecule has 2 N–H and O–H groups in total. The summed E-state index contributed by atoms with van der Waals surface area (Å²) in [7, 11) is 3.89. The van der Waals surface area contributed by atoms with Crippen LogP contribution in [0.4, 0.5) is 20.3 Å². The van der Waals surface area contributed by atoms with Crippen molar-refractivity contribution in [1.29, 1.82) is 0 Å². The summed E-state index contributed by atoms with van der Waals surface area (Å²) in [6.07, 6.45) is 3.35. The summed E-state index contributed by atoms with van der Waals surface area (Å²) < 4.78 is 28.9. The number of amides is 1. The Morgan fingerprint density at radius 3 is 2.55 bits per heavy atom. The van der Waals surface area contributed by atoms with Crippen molar-refractivity contribution in [3.63, 3.8) is 0 Å². The van der Waals surface area contributed by atoms with Crippen LogP contribution in [0.25, 0.3) is 33.5 Å². The lowest BCUT2D eigenvalue weighted by molar-refractivity contribution is -0.113. The van der Waals surface area contributed by atoms with E-state index in [1.54, 1.807) is 24.5 Å². The van der Waals surface area contributed by atoms with Gasteiger partial charge in [-0.05, 0) is 44.4 Å². The maximum atomic E-state index is 13.5. The molecule has 1 amide bonds. The van der Waals surface area contributed by atoms with Gasteiger partial charge in [0.2, 0.25) is 0 Å². The average molecular weight is 544 g/mol. The van der Waals surface area contributed by atoms with E-state index in [1.165, 1.54) is 4.90 Å². The molecular weight excluding hydrogens is 516 g/mol. The molecule has 1 fully saturated rings.